The van der Waals surface area contributed by atoms with Crippen molar-refractivity contribution in [3.63, 3.8) is 0 Å². The molecule has 1 radical (unpaired) electrons. The Morgan fingerprint density at radius 1 is 1.22 bits per heavy atom. The van der Waals surface area contributed by atoms with Crippen molar-refractivity contribution in [3.8, 4) is 0 Å². The first-order valence-electron chi connectivity index (χ1n) is 3.50. The molecule has 0 saturated heterocycles. The van der Waals surface area contributed by atoms with Crippen molar-refractivity contribution in [1.82, 2.24) is 0 Å². The molecule has 1 atom stereocenters. The van der Waals surface area contributed by atoms with Crippen molar-refractivity contribution in [3.05, 3.63) is 0 Å². The van der Waals surface area contributed by atoms with Crippen LogP contribution in [0.15, 0.2) is 0 Å². The van der Waals surface area contributed by atoms with Gasteiger partial charge in [0.2, 0.25) is 0 Å². The zero-order chi connectivity index (χ0) is 7.12. The number of hydrogen-bond acceptors (Lipinski definition) is 1. The normalized spacial score (nSPS) is 40.0. The van der Waals surface area contributed by atoms with Gasteiger partial charge in [-0.1, -0.05) is 20.8 Å². The minimum atomic E-state index is -0.326. The van der Waals surface area contributed by atoms with Gasteiger partial charge in [-0.15, -0.1) is 0 Å². The molecule has 1 saturated carbocycles. The van der Waals surface area contributed by atoms with Crippen LogP contribution in [0.2, 0.25) is 5.04 Å². The first-order valence-corrected chi connectivity index (χ1v) is 4.60. The summed E-state index contributed by atoms with van der Waals surface area (Å²) in [5.74, 6) is 0. The van der Waals surface area contributed by atoms with Gasteiger partial charge < -0.3 is 4.80 Å². The highest BCUT2D eigenvalue weighted by atomic mass is 28.2. The molecule has 1 N–H and O–H groups in total. The van der Waals surface area contributed by atoms with E-state index in [9.17, 15) is 0 Å². The monoisotopic (exact) mass is 143 g/mol. The Morgan fingerprint density at radius 2 is 1.78 bits per heavy atom. The van der Waals surface area contributed by atoms with Gasteiger partial charge in [-0.25, -0.2) is 0 Å². The lowest BCUT2D eigenvalue weighted by Gasteiger charge is -2.53. The Labute approximate surface area is 59.4 Å². The Morgan fingerprint density at radius 3 is 1.78 bits per heavy atom. The summed E-state index contributed by atoms with van der Waals surface area (Å²) in [6, 6.07) is 0. The van der Waals surface area contributed by atoms with Crippen LogP contribution in [0.5, 0.6) is 0 Å². The van der Waals surface area contributed by atoms with Crippen LogP contribution in [-0.4, -0.2) is 14.6 Å². The molecular formula is C7H15OSi. The Balaban J connectivity index is 2.62. The molecule has 1 aliphatic rings. The summed E-state index contributed by atoms with van der Waals surface area (Å²) in [6.07, 6.45) is 2.52. The van der Waals surface area contributed by atoms with E-state index < -0.39 is 0 Å². The fourth-order valence-corrected chi connectivity index (χ4v) is 2.03. The third-order valence-electron chi connectivity index (χ3n) is 3.10. The third kappa shape index (κ3) is 0.848. The second kappa shape index (κ2) is 1.83. The maximum absolute atomic E-state index is 9.06. The van der Waals surface area contributed by atoms with E-state index in [1.807, 2.05) is 0 Å². The zero-order valence-electron chi connectivity index (χ0n) is 6.44. The summed E-state index contributed by atoms with van der Waals surface area (Å²) >= 11 is 0. The highest BCUT2D eigenvalue weighted by molar-refractivity contribution is 6.31. The summed E-state index contributed by atoms with van der Waals surface area (Å²) in [4.78, 5) is 9.06. The Hall–Kier alpha value is 0.177. The van der Waals surface area contributed by atoms with Crippen LogP contribution in [0.3, 0.4) is 0 Å². The topological polar surface area (TPSA) is 20.2 Å². The first-order chi connectivity index (χ1) is 4.02. The minimum absolute atomic E-state index is 0.299. The summed E-state index contributed by atoms with van der Waals surface area (Å²) in [5.41, 5.74) is 0.414. The Bertz CT molecular complexity index is 118. The SMILES string of the molecule is CC1(C)CCC1(C)[SiH]O. The van der Waals surface area contributed by atoms with Crippen LogP contribution in [0.4, 0.5) is 0 Å². The van der Waals surface area contributed by atoms with Crippen LogP contribution in [0, 0.1) is 5.41 Å². The van der Waals surface area contributed by atoms with E-state index in [0.29, 0.717) is 10.5 Å². The smallest absolute Gasteiger partial charge is 0.194 e. The number of hydrogen-bond donors (Lipinski definition) is 1. The van der Waals surface area contributed by atoms with Gasteiger partial charge in [-0.3, -0.25) is 0 Å². The molecule has 0 heterocycles. The van der Waals surface area contributed by atoms with E-state index in [-0.39, 0.29) is 9.76 Å². The molecule has 0 aromatic heterocycles. The van der Waals surface area contributed by atoms with Crippen molar-refractivity contribution in [1.29, 1.82) is 0 Å². The number of rotatable bonds is 1. The van der Waals surface area contributed by atoms with Crippen molar-refractivity contribution in [2.24, 2.45) is 5.41 Å². The Kier molecular flexibility index (Phi) is 1.48. The maximum atomic E-state index is 9.06. The maximum Gasteiger partial charge on any atom is 0.194 e. The van der Waals surface area contributed by atoms with Crippen molar-refractivity contribution in [2.45, 2.75) is 38.7 Å². The van der Waals surface area contributed by atoms with E-state index in [2.05, 4.69) is 20.8 Å². The van der Waals surface area contributed by atoms with Crippen LogP contribution in [-0.2, 0) is 0 Å². The predicted molar refractivity (Wildman–Crippen MR) is 40.7 cm³/mol. The summed E-state index contributed by atoms with van der Waals surface area (Å²) in [7, 11) is -0.326. The van der Waals surface area contributed by atoms with Gasteiger partial charge >= 0.3 is 0 Å². The van der Waals surface area contributed by atoms with Gasteiger partial charge in [0.1, 0.15) is 0 Å². The molecule has 0 aliphatic heterocycles. The summed E-state index contributed by atoms with van der Waals surface area (Å²) < 4.78 is 0. The van der Waals surface area contributed by atoms with Crippen molar-refractivity contribution in [2.75, 3.05) is 0 Å². The van der Waals surface area contributed by atoms with Crippen LogP contribution < -0.4 is 0 Å². The van der Waals surface area contributed by atoms with Gasteiger partial charge in [0.05, 0.1) is 0 Å². The highest BCUT2D eigenvalue weighted by Gasteiger charge is 2.49. The fourth-order valence-electron chi connectivity index (χ4n) is 1.26. The molecule has 1 aliphatic carbocycles. The minimum Gasteiger partial charge on any atom is -0.434 e. The molecule has 2 heteroatoms. The van der Waals surface area contributed by atoms with E-state index in [4.69, 9.17) is 4.80 Å². The molecule has 1 rings (SSSR count). The lowest BCUT2D eigenvalue weighted by atomic mass is 9.62. The second-order valence-corrected chi connectivity index (χ2v) is 5.46. The molecule has 53 valence electrons. The molecule has 0 aromatic rings. The summed E-state index contributed by atoms with van der Waals surface area (Å²) in [5, 5.41) is 0.299. The molecule has 0 aromatic carbocycles. The van der Waals surface area contributed by atoms with Crippen LogP contribution >= 0.6 is 0 Å². The quantitative estimate of drug-likeness (QED) is 0.549. The average Bonchev–Trinajstić information content (AvgIpc) is 1.84. The van der Waals surface area contributed by atoms with Crippen molar-refractivity contribution < 1.29 is 4.80 Å². The first kappa shape index (κ1) is 7.29. The third-order valence-corrected chi connectivity index (χ3v) is 4.74. The molecule has 0 amide bonds. The lowest BCUT2D eigenvalue weighted by molar-refractivity contribution is 0.0955. The fraction of sp³-hybridized carbons (Fsp3) is 1.00. The summed E-state index contributed by atoms with van der Waals surface area (Å²) in [6.45, 7) is 6.70. The zero-order valence-corrected chi connectivity index (χ0v) is 7.59. The van der Waals surface area contributed by atoms with E-state index in [1.54, 1.807) is 0 Å². The van der Waals surface area contributed by atoms with E-state index in [0.717, 1.165) is 0 Å². The van der Waals surface area contributed by atoms with Gasteiger partial charge in [-0.2, -0.15) is 0 Å². The van der Waals surface area contributed by atoms with E-state index in [1.165, 1.54) is 12.8 Å². The molecule has 9 heavy (non-hydrogen) atoms. The largest absolute Gasteiger partial charge is 0.434 e. The van der Waals surface area contributed by atoms with Crippen LogP contribution in [0.25, 0.3) is 0 Å². The van der Waals surface area contributed by atoms with Gasteiger partial charge in [0, 0.05) is 0 Å². The predicted octanol–water partition coefficient (Wildman–Crippen LogP) is 1.33. The van der Waals surface area contributed by atoms with Crippen LogP contribution in [0.1, 0.15) is 33.6 Å². The molecule has 1 nitrogen and oxygen atoms in total. The molecule has 0 bridgehead atoms. The molecule has 0 spiro atoms. The highest BCUT2D eigenvalue weighted by Crippen LogP contribution is 2.60. The van der Waals surface area contributed by atoms with Gasteiger partial charge in [0.25, 0.3) is 0 Å². The molecule has 1 unspecified atom stereocenters. The molecule has 1 fully saturated rings. The van der Waals surface area contributed by atoms with Gasteiger partial charge in [0.15, 0.2) is 9.76 Å². The van der Waals surface area contributed by atoms with Gasteiger partial charge in [-0.05, 0) is 23.3 Å². The second-order valence-electron chi connectivity index (χ2n) is 3.93. The average molecular weight is 143 g/mol. The lowest BCUT2D eigenvalue weighted by Crippen LogP contribution is -2.43. The molecular weight excluding hydrogens is 128 g/mol. The standard InChI is InChI=1S/C7H15OSi/c1-6(2)4-5-7(6,3)9-8/h8-9H,4-5H2,1-3H3. The van der Waals surface area contributed by atoms with Crippen molar-refractivity contribution >= 4 is 9.76 Å². The van der Waals surface area contributed by atoms with E-state index >= 15 is 0 Å².